The summed E-state index contributed by atoms with van der Waals surface area (Å²) in [5.41, 5.74) is 1.41. The second-order valence-electron chi connectivity index (χ2n) is 7.21. The number of rotatable bonds is 9. The molecule has 0 spiro atoms. The van der Waals surface area contributed by atoms with Crippen LogP contribution in [0.2, 0.25) is 0 Å². The Morgan fingerprint density at radius 3 is 2.06 bits per heavy atom. The van der Waals surface area contributed by atoms with E-state index in [1.807, 2.05) is 48.5 Å². The molecule has 1 aromatic heterocycles. The summed E-state index contributed by atoms with van der Waals surface area (Å²) in [6.07, 6.45) is 1.49. The van der Waals surface area contributed by atoms with Crippen LogP contribution in [0.5, 0.6) is 23.1 Å². The summed E-state index contributed by atoms with van der Waals surface area (Å²) < 4.78 is 45.3. The largest absolute Gasteiger partial charge is 0.493 e. The quantitative estimate of drug-likeness (QED) is 0.338. The fourth-order valence-electron chi connectivity index (χ4n) is 3.16. The topological polar surface area (TPSA) is 99.6 Å². The molecule has 0 fully saturated rings. The number of anilines is 1. The van der Waals surface area contributed by atoms with Crippen molar-refractivity contribution in [3.63, 3.8) is 0 Å². The van der Waals surface area contributed by atoms with Crippen LogP contribution in [-0.4, -0.2) is 32.6 Å². The van der Waals surface area contributed by atoms with Crippen molar-refractivity contribution in [1.29, 1.82) is 0 Å². The Morgan fingerprint density at radius 2 is 1.40 bits per heavy atom. The number of nitrogens with zero attached hydrogens (tertiary/aromatic N) is 2. The van der Waals surface area contributed by atoms with E-state index in [-0.39, 0.29) is 23.3 Å². The van der Waals surface area contributed by atoms with Gasteiger partial charge in [-0.05, 0) is 23.8 Å². The molecular formula is C26H23N3O5S. The molecule has 0 bridgehead atoms. The Morgan fingerprint density at radius 1 is 0.771 bits per heavy atom. The number of methoxy groups -OCH3 is 2. The van der Waals surface area contributed by atoms with Gasteiger partial charge in [0.15, 0.2) is 23.1 Å². The van der Waals surface area contributed by atoms with Crippen LogP contribution in [-0.2, 0) is 10.0 Å². The third-order valence-corrected chi connectivity index (χ3v) is 5.79. The molecule has 1 N–H and O–H groups in total. The fourth-order valence-corrected chi connectivity index (χ4v) is 3.97. The summed E-state index contributed by atoms with van der Waals surface area (Å²) >= 11 is 0. The highest BCUT2D eigenvalue weighted by Gasteiger charge is 2.23. The monoisotopic (exact) mass is 489 g/mol. The van der Waals surface area contributed by atoms with Crippen molar-refractivity contribution in [2.45, 2.75) is 0 Å². The van der Waals surface area contributed by atoms with Gasteiger partial charge in [0.05, 0.1) is 19.6 Å². The Hall–Kier alpha value is -4.37. The van der Waals surface area contributed by atoms with Crippen LogP contribution in [0.15, 0.2) is 90.3 Å². The normalized spacial score (nSPS) is 11.3. The van der Waals surface area contributed by atoms with Crippen LogP contribution in [0.25, 0.3) is 17.5 Å². The summed E-state index contributed by atoms with van der Waals surface area (Å²) in [4.78, 5) is 8.91. The van der Waals surface area contributed by atoms with Crippen molar-refractivity contribution in [1.82, 2.24) is 9.97 Å². The van der Waals surface area contributed by atoms with Gasteiger partial charge in [0, 0.05) is 5.56 Å². The predicted octanol–water partition coefficient (Wildman–Crippen LogP) is 5.37. The van der Waals surface area contributed by atoms with Crippen LogP contribution >= 0.6 is 0 Å². The van der Waals surface area contributed by atoms with Crippen molar-refractivity contribution >= 4 is 21.9 Å². The first-order valence-corrected chi connectivity index (χ1v) is 12.1. The zero-order chi connectivity index (χ0) is 24.7. The van der Waals surface area contributed by atoms with Crippen LogP contribution < -0.4 is 18.9 Å². The third kappa shape index (κ3) is 5.96. The average Bonchev–Trinajstić information content (AvgIpc) is 2.89. The molecule has 0 atom stereocenters. The van der Waals surface area contributed by atoms with Crippen LogP contribution in [0, 0.1) is 0 Å². The molecule has 0 unspecified atom stereocenters. The molecule has 9 heteroatoms. The minimum Gasteiger partial charge on any atom is -0.493 e. The van der Waals surface area contributed by atoms with Gasteiger partial charge in [-0.1, -0.05) is 72.8 Å². The van der Waals surface area contributed by atoms with E-state index >= 15 is 0 Å². The first-order chi connectivity index (χ1) is 17.0. The van der Waals surface area contributed by atoms with E-state index in [9.17, 15) is 8.42 Å². The van der Waals surface area contributed by atoms with E-state index in [0.29, 0.717) is 17.1 Å². The lowest BCUT2D eigenvalue weighted by molar-refractivity contribution is 0.348. The number of sulfonamides is 1. The van der Waals surface area contributed by atoms with E-state index in [0.717, 1.165) is 11.0 Å². The van der Waals surface area contributed by atoms with Gasteiger partial charge in [-0.2, -0.15) is 4.98 Å². The van der Waals surface area contributed by atoms with Crippen molar-refractivity contribution in [2.75, 3.05) is 18.9 Å². The van der Waals surface area contributed by atoms with E-state index < -0.39 is 10.0 Å². The number of hydrogen-bond acceptors (Lipinski definition) is 7. The average molecular weight is 490 g/mol. The predicted molar refractivity (Wildman–Crippen MR) is 135 cm³/mol. The van der Waals surface area contributed by atoms with Crippen LogP contribution in [0.4, 0.5) is 5.82 Å². The van der Waals surface area contributed by atoms with E-state index in [1.165, 1.54) is 20.3 Å². The molecule has 35 heavy (non-hydrogen) atoms. The third-order valence-electron chi connectivity index (χ3n) is 4.82. The highest BCUT2D eigenvalue weighted by molar-refractivity contribution is 7.95. The van der Waals surface area contributed by atoms with Crippen molar-refractivity contribution in [3.05, 3.63) is 95.9 Å². The minimum absolute atomic E-state index is 0.00614. The Bertz CT molecular complexity index is 1430. The molecule has 4 aromatic rings. The molecule has 4 rings (SSSR count). The van der Waals surface area contributed by atoms with Crippen molar-refractivity contribution in [3.8, 4) is 34.5 Å². The molecule has 0 aliphatic heterocycles. The van der Waals surface area contributed by atoms with Crippen molar-refractivity contribution < 1.29 is 22.6 Å². The van der Waals surface area contributed by atoms with Gasteiger partial charge in [0.2, 0.25) is 5.75 Å². The van der Waals surface area contributed by atoms with Gasteiger partial charge in [-0.15, -0.1) is 0 Å². The molecule has 0 radical (unpaired) electrons. The highest BCUT2D eigenvalue weighted by Crippen LogP contribution is 2.41. The van der Waals surface area contributed by atoms with Gasteiger partial charge >= 0.3 is 0 Å². The first-order valence-electron chi connectivity index (χ1n) is 10.6. The van der Waals surface area contributed by atoms with Gasteiger partial charge < -0.3 is 14.2 Å². The zero-order valence-electron chi connectivity index (χ0n) is 19.1. The Labute approximate surface area is 203 Å². The molecule has 0 amide bonds. The van der Waals surface area contributed by atoms with E-state index in [2.05, 4.69) is 14.7 Å². The lowest BCUT2D eigenvalue weighted by Crippen LogP contribution is -2.13. The van der Waals surface area contributed by atoms with Crippen molar-refractivity contribution in [2.24, 2.45) is 0 Å². The Balaban J connectivity index is 1.79. The molecule has 0 aliphatic rings. The van der Waals surface area contributed by atoms with E-state index in [1.54, 1.807) is 36.4 Å². The van der Waals surface area contributed by atoms with Gasteiger partial charge in [-0.25, -0.2) is 13.4 Å². The zero-order valence-corrected chi connectivity index (χ0v) is 19.9. The number of aromatic nitrogens is 2. The van der Waals surface area contributed by atoms with Crippen LogP contribution in [0.1, 0.15) is 5.56 Å². The van der Waals surface area contributed by atoms with Gasteiger partial charge in [0.25, 0.3) is 15.9 Å². The number of hydrogen-bond donors (Lipinski definition) is 1. The maximum atomic E-state index is 13.0. The lowest BCUT2D eigenvalue weighted by Gasteiger charge is -2.16. The molecule has 0 saturated carbocycles. The summed E-state index contributed by atoms with van der Waals surface area (Å²) in [6, 6.07) is 25.2. The number of ether oxygens (including phenoxy) is 3. The first kappa shape index (κ1) is 23.8. The molecule has 8 nitrogen and oxygen atoms in total. The smallest absolute Gasteiger partial charge is 0.263 e. The lowest BCUT2D eigenvalue weighted by atomic mass is 10.2. The summed E-state index contributed by atoms with van der Waals surface area (Å²) in [7, 11) is -1.05. The molecular weight excluding hydrogens is 466 g/mol. The summed E-state index contributed by atoms with van der Waals surface area (Å²) in [5.74, 6) is 1.01. The Kier molecular flexibility index (Phi) is 7.27. The molecule has 0 saturated heterocycles. The highest BCUT2D eigenvalue weighted by atomic mass is 32.2. The second kappa shape index (κ2) is 10.7. The number of para-hydroxylation sites is 2. The molecule has 3 aromatic carbocycles. The van der Waals surface area contributed by atoms with Gasteiger partial charge in [0.1, 0.15) is 0 Å². The number of benzene rings is 3. The SMILES string of the molecule is COc1ccccc1Oc1c(NS(=O)(=O)C=Cc2ccccc2)nc(-c2ccccc2)nc1OC. The molecule has 1 heterocycles. The molecule has 178 valence electrons. The van der Waals surface area contributed by atoms with Gasteiger partial charge in [-0.3, -0.25) is 4.72 Å². The standard InChI is InChI=1S/C26H23N3O5S/c1-32-21-15-9-10-16-22(21)34-23-25(29-35(30,31)18-17-19-11-5-3-6-12-19)27-24(28-26(23)33-2)20-13-7-4-8-14-20/h3-18H,1-2H3,(H,27,28,29). The maximum absolute atomic E-state index is 13.0. The maximum Gasteiger partial charge on any atom is 0.263 e. The second-order valence-corrected chi connectivity index (χ2v) is 8.78. The summed E-state index contributed by atoms with van der Waals surface area (Å²) in [6.45, 7) is 0. The minimum atomic E-state index is -3.97. The number of nitrogens with one attached hydrogen (secondary N) is 1. The van der Waals surface area contributed by atoms with E-state index in [4.69, 9.17) is 14.2 Å². The fraction of sp³-hybridized carbons (Fsp3) is 0.0769. The molecule has 0 aliphatic carbocycles. The summed E-state index contributed by atoms with van der Waals surface area (Å²) in [5, 5.41) is 1.06. The van der Waals surface area contributed by atoms with Crippen LogP contribution in [0.3, 0.4) is 0 Å².